The van der Waals surface area contributed by atoms with Gasteiger partial charge in [0.15, 0.2) is 0 Å². The molecule has 0 amide bonds. The molecule has 0 fully saturated rings. The van der Waals surface area contributed by atoms with Crippen molar-refractivity contribution < 1.29 is 35.1 Å². The van der Waals surface area contributed by atoms with E-state index in [4.69, 9.17) is 9.84 Å². The lowest BCUT2D eigenvalue weighted by Gasteiger charge is -2.25. The molecule has 0 saturated carbocycles. The molecule has 4 atom stereocenters. The fourth-order valence-corrected chi connectivity index (χ4v) is 1.78. The van der Waals surface area contributed by atoms with Gasteiger partial charge < -0.3 is 30.3 Å². The molecule has 22 heavy (non-hydrogen) atoms. The molecule has 0 bridgehead atoms. The van der Waals surface area contributed by atoms with Crippen molar-refractivity contribution in [1.29, 1.82) is 0 Å². The predicted molar refractivity (Wildman–Crippen MR) is 77.2 cm³/mol. The summed E-state index contributed by atoms with van der Waals surface area (Å²) in [6.45, 7) is 0.663. The Morgan fingerprint density at radius 2 is 1.59 bits per heavy atom. The molecule has 1 rings (SSSR count). The third kappa shape index (κ3) is 5.04. The zero-order valence-corrected chi connectivity index (χ0v) is 12.3. The Morgan fingerprint density at radius 3 is 2.09 bits per heavy atom. The lowest BCUT2D eigenvalue weighted by Crippen LogP contribution is -2.47. The maximum absolute atomic E-state index is 11.8. The first-order chi connectivity index (χ1) is 10.4. The fourth-order valence-electron chi connectivity index (χ4n) is 1.78. The molecule has 0 aliphatic carbocycles. The Bertz CT molecular complexity index is 459. The maximum atomic E-state index is 11.8. The highest BCUT2D eigenvalue weighted by atomic mass is 16.5. The van der Waals surface area contributed by atoms with Crippen LogP contribution in [-0.4, -0.2) is 69.1 Å². The van der Waals surface area contributed by atoms with E-state index < -0.39 is 43.6 Å². The van der Waals surface area contributed by atoms with Gasteiger partial charge in [-0.1, -0.05) is 19.1 Å². The number of aryl methyl sites for hydroxylation is 1. The number of aliphatic hydroxyl groups is 5. The van der Waals surface area contributed by atoms with Crippen molar-refractivity contribution in [2.45, 2.75) is 37.8 Å². The van der Waals surface area contributed by atoms with E-state index in [2.05, 4.69) is 0 Å². The minimum Gasteiger partial charge on any atom is -0.459 e. The SMILES string of the molecule is CCc1ccc(C(=O)OC[C@H](O)[C@@H](O)[C@H](O)[C@H](O)CO)cc1. The largest absolute Gasteiger partial charge is 0.459 e. The van der Waals surface area contributed by atoms with Gasteiger partial charge in [-0.05, 0) is 24.1 Å². The van der Waals surface area contributed by atoms with E-state index in [9.17, 15) is 25.2 Å². The Balaban J connectivity index is 2.51. The van der Waals surface area contributed by atoms with Gasteiger partial charge >= 0.3 is 5.97 Å². The molecule has 124 valence electrons. The summed E-state index contributed by atoms with van der Waals surface area (Å²) in [5, 5.41) is 46.5. The van der Waals surface area contributed by atoms with Crippen LogP contribution in [-0.2, 0) is 11.2 Å². The van der Waals surface area contributed by atoms with Crippen LogP contribution in [0.5, 0.6) is 0 Å². The smallest absolute Gasteiger partial charge is 0.338 e. The molecule has 1 aromatic carbocycles. The molecule has 0 aromatic heterocycles. The molecular weight excluding hydrogens is 292 g/mol. The summed E-state index contributed by atoms with van der Waals surface area (Å²) in [6.07, 6.45) is -5.84. The average Bonchev–Trinajstić information content (AvgIpc) is 2.57. The molecule has 1 aromatic rings. The van der Waals surface area contributed by atoms with Gasteiger partial charge in [-0.25, -0.2) is 4.79 Å². The highest BCUT2D eigenvalue weighted by molar-refractivity contribution is 5.89. The van der Waals surface area contributed by atoms with Crippen molar-refractivity contribution in [2.75, 3.05) is 13.2 Å². The first-order valence-corrected chi connectivity index (χ1v) is 6.99. The number of hydrogen-bond donors (Lipinski definition) is 5. The summed E-state index contributed by atoms with van der Waals surface area (Å²) in [6, 6.07) is 6.75. The van der Waals surface area contributed by atoms with Crippen LogP contribution in [0.2, 0.25) is 0 Å². The predicted octanol–water partition coefficient (Wildman–Crippen LogP) is -1.16. The third-order valence-corrected chi connectivity index (χ3v) is 3.31. The molecule has 0 spiro atoms. The van der Waals surface area contributed by atoms with E-state index in [0.29, 0.717) is 5.56 Å². The van der Waals surface area contributed by atoms with Crippen LogP contribution < -0.4 is 0 Å². The molecular formula is C15H22O7. The molecule has 0 saturated heterocycles. The van der Waals surface area contributed by atoms with Crippen molar-refractivity contribution in [3.63, 3.8) is 0 Å². The van der Waals surface area contributed by atoms with Crippen LogP contribution in [0.1, 0.15) is 22.8 Å². The average molecular weight is 314 g/mol. The molecule has 0 aliphatic heterocycles. The second kappa shape index (κ2) is 8.82. The van der Waals surface area contributed by atoms with Crippen LogP contribution in [0, 0.1) is 0 Å². The molecule has 0 unspecified atom stereocenters. The second-order valence-corrected chi connectivity index (χ2v) is 4.95. The zero-order valence-electron chi connectivity index (χ0n) is 12.3. The second-order valence-electron chi connectivity index (χ2n) is 4.95. The van der Waals surface area contributed by atoms with Crippen LogP contribution >= 0.6 is 0 Å². The molecule has 0 aliphatic rings. The van der Waals surface area contributed by atoms with Crippen LogP contribution in [0.15, 0.2) is 24.3 Å². The first-order valence-electron chi connectivity index (χ1n) is 6.99. The fraction of sp³-hybridized carbons (Fsp3) is 0.533. The number of carbonyl (C=O) groups excluding carboxylic acids is 1. The Labute approximate surface area is 128 Å². The van der Waals surface area contributed by atoms with E-state index >= 15 is 0 Å². The Morgan fingerprint density at radius 1 is 1.05 bits per heavy atom. The topological polar surface area (TPSA) is 127 Å². The zero-order chi connectivity index (χ0) is 16.7. The minimum absolute atomic E-state index is 0.301. The number of esters is 1. The quantitative estimate of drug-likeness (QED) is 0.383. The lowest BCUT2D eigenvalue weighted by atomic mass is 10.0. The minimum atomic E-state index is -1.75. The highest BCUT2D eigenvalue weighted by Gasteiger charge is 2.30. The molecule has 0 radical (unpaired) electrons. The molecule has 5 N–H and O–H groups in total. The monoisotopic (exact) mass is 314 g/mol. The van der Waals surface area contributed by atoms with Gasteiger partial charge in [-0.3, -0.25) is 0 Å². The van der Waals surface area contributed by atoms with Crippen molar-refractivity contribution >= 4 is 5.97 Å². The summed E-state index contributed by atoms with van der Waals surface area (Å²) in [7, 11) is 0. The van der Waals surface area contributed by atoms with E-state index in [0.717, 1.165) is 12.0 Å². The normalized spacial score (nSPS) is 16.6. The number of aliphatic hydroxyl groups excluding tert-OH is 5. The third-order valence-electron chi connectivity index (χ3n) is 3.31. The van der Waals surface area contributed by atoms with Gasteiger partial charge in [-0.15, -0.1) is 0 Å². The molecule has 7 nitrogen and oxygen atoms in total. The summed E-state index contributed by atoms with van der Waals surface area (Å²) in [4.78, 5) is 11.8. The van der Waals surface area contributed by atoms with Crippen molar-refractivity contribution in [3.8, 4) is 0 Å². The Hall–Kier alpha value is -1.51. The maximum Gasteiger partial charge on any atom is 0.338 e. The van der Waals surface area contributed by atoms with Gasteiger partial charge in [0, 0.05) is 0 Å². The standard InChI is InChI=1S/C15H22O7/c1-2-9-3-5-10(6-4-9)15(21)22-8-12(18)14(20)13(19)11(17)7-16/h3-6,11-14,16-20H,2,7-8H2,1H3/t11-,12+,13-,14-/m1/s1. The number of ether oxygens (including phenoxy) is 1. The lowest BCUT2D eigenvalue weighted by molar-refractivity contribution is -0.124. The summed E-state index contributed by atoms with van der Waals surface area (Å²) in [5.74, 6) is -0.675. The van der Waals surface area contributed by atoms with Gasteiger partial charge in [0.1, 0.15) is 31.0 Å². The summed E-state index contributed by atoms with van der Waals surface area (Å²) >= 11 is 0. The summed E-state index contributed by atoms with van der Waals surface area (Å²) in [5.41, 5.74) is 1.36. The first kappa shape index (κ1) is 18.5. The number of carbonyl (C=O) groups is 1. The van der Waals surface area contributed by atoms with E-state index in [-0.39, 0.29) is 0 Å². The van der Waals surface area contributed by atoms with Crippen molar-refractivity contribution in [3.05, 3.63) is 35.4 Å². The molecule has 0 heterocycles. The number of hydrogen-bond acceptors (Lipinski definition) is 7. The van der Waals surface area contributed by atoms with Crippen molar-refractivity contribution in [1.82, 2.24) is 0 Å². The Kier molecular flexibility index (Phi) is 7.43. The van der Waals surface area contributed by atoms with Gasteiger partial charge in [0.05, 0.1) is 12.2 Å². The van der Waals surface area contributed by atoms with E-state index in [1.165, 1.54) is 0 Å². The van der Waals surface area contributed by atoms with E-state index in [1.807, 2.05) is 6.92 Å². The van der Waals surface area contributed by atoms with Crippen molar-refractivity contribution in [2.24, 2.45) is 0 Å². The highest BCUT2D eigenvalue weighted by Crippen LogP contribution is 2.09. The van der Waals surface area contributed by atoms with Gasteiger partial charge in [0.2, 0.25) is 0 Å². The van der Waals surface area contributed by atoms with Gasteiger partial charge in [0.25, 0.3) is 0 Å². The summed E-state index contributed by atoms with van der Waals surface area (Å²) < 4.78 is 4.84. The van der Waals surface area contributed by atoms with Gasteiger partial charge in [-0.2, -0.15) is 0 Å². The number of benzene rings is 1. The molecule has 7 heteroatoms. The van der Waals surface area contributed by atoms with Crippen LogP contribution in [0.25, 0.3) is 0 Å². The van der Waals surface area contributed by atoms with E-state index in [1.54, 1.807) is 24.3 Å². The van der Waals surface area contributed by atoms with Crippen LogP contribution in [0.3, 0.4) is 0 Å². The number of rotatable bonds is 8. The van der Waals surface area contributed by atoms with Crippen LogP contribution in [0.4, 0.5) is 0 Å².